The SMILES string of the molecule is c1ccc(-c2ccc3oc4cc5c6ccccc6c6ccccc6c5cc4c3c2)nc1. The van der Waals surface area contributed by atoms with E-state index in [1.54, 1.807) is 0 Å². The van der Waals surface area contributed by atoms with Gasteiger partial charge in [0.25, 0.3) is 0 Å². The van der Waals surface area contributed by atoms with Crippen molar-refractivity contribution < 1.29 is 4.42 Å². The molecule has 0 N–H and O–H groups in total. The smallest absolute Gasteiger partial charge is 0.136 e. The molecule has 0 aliphatic rings. The fourth-order valence-electron chi connectivity index (χ4n) is 4.87. The predicted molar refractivity (Wildman–Crippen MR) is 129 cm³/mol. The number of hydrogen-bond acceptors (Lipinski definition) is 2. The summed E-state index contributed by atoms with van der Waals surface area (Å²) in [4.78, 5) is 4.51. The minimum atomic E-state index is 0.901. The van der Waals surface area contributed by atoms with Crippen molar-refractivity contribution in [3.63, 3.8) is 0 Å². The minimum absolute atomic E-state index is 0.901. The van der Waals surface area contributed by atoms with Crippen LogP contribution in [-0.2, 0) is 0 Å². The van der Waals surface area contributed by atoms with Gasteiger partial charge in [-0.1, -0.05) is 54.6 Å². The van der Waals surface area contributed by atoms with E-state index >= 15 is 0 Å². The highest BCUT2D eigenvalue weighted by Gasteiger charge is 2.14. The molecule has 2 heterocycles. The fourth-order valence-corrected chi connectivity index (χ4v) is 4.87. The molecule has 7 aromatic rings. The largest absolute Gasteiger partial charge is 0.456 e. The molecule has 0 spiro atoms. The Morgan fingerprint density at radius 2 is 1.06 bits per heavy atom. The first-order valence-electron chi connectivity index (χ1n) is 10.5. The van der Waals surface area contributed by atoms with Gasteiger partial charge in [0.05, 0.1) is 5.69 Å². The highest BCUT2D eigenvalue weighted by atomic mass is 16.3. The lowest BCUT2D eigenvalue weighted by Crippen LogP contribution is -1.83. The van der Waals surface area contributed by atoms with E-state index in [1.165, 1.54) is 32.3 Å². The summed E-state index contributed by atoms with van der Waals surface area (Å²) in [5, 5.41) is 9.84. The van der Waals surface area contributed by atoms with Crippen LogP contribution in [0.25, 0.3) is 65.5 Å². The van der Waals surface area contributed by atoms with E-state index in [4.69, 9.17) is 4.42 Å². The van der Waals surface area contributed by atoms with E-state index in [0.717, 1.165) is 33.2 Å². The Morgan fingerprint density at radius 3 is 1.74 bits per heavy atom. The molecule has 0 atom stereocenters. The van der Waals surface area contributed by atoms with E-state index in [0.29, 0.717) is 0 Å². The van der Waals surface area contributed by atoms with Gasteiger partial charge in [-0.3, -0.25) is 4.98 Å². The summed E-state index contributed by atoms with van der Waals surface area (Å²) in [5.41, 5.74) is 3.88. The summed E-state index contributed by atoms with van der Waals surface area (Å²) in [6.45, 7) is 0. The van der Waals surface area contributed by atoms with Crippen LogP contribution in [0, 0.1) is 0 Å². The molecular formula is C29H17NO. The molecule has 2 heteroatoms. The Labute approximate surface area is 178 Å². The molecule has 144 valence electrons. The Bertz CT molecular complexity index is 1780. The van der Waals surface area contributed by atoms with Crippen LogP contribution in [0.5, 0.6) is 0 Å². The van der Waals surface area contributed by atoms with Gasteiger partial charge in [0.15, 0.2) is 0 Å². The molecule has 0 amide bonds. The number of pyridine rings is 1. The van der Waals surface area contributed by atoms with Crippen molar-refractivity contribution in [3.8, 4) is 11.3 Å². The molecule has 0 fully saturated rings. The van der Waals surface area contributed by atoms with Crippen molar-refractivity contribution >= 4 is 54.3 Å². The highest BCUT2D eigenvalue weighted by molar-refractivity contribution is 6.28. The number of fused-ring (bicyclic) bond motifs is 9. The Hall–Kier alpha value is -4.17. The summed E-state index contributed by atoms with van der Waals surface area (Å²) in [6.07, 6.45) is 1.83. The zero-order chi connectivity index (χ0) is 20.4. The zero-order valence-electron chi connectivity index (χ0n) is 16.7. The summed E-state index contributed by atoms with van der Waals surface area (Å²) in [5.74, 6) is 0. The second-order valence-corrected chi connectivity index (χ2v) is 8.01. The fraction of sp³-hybridized carbons (Fsp3) is 0. The molecule has 0 saturated heterocycles. The second kappa shape index (κ2) is 6.16. The van der Waals surface area contributed by atoms with Crippen molar-refractivity contribution in [2.45, 2.75) is 0 Å². The Morgan fingerprint density at radius 1 is 0.452 bits per heavy atom. The van der Waals surface area contributed by atoms with Gasteiger partial charge in [0.2, 0.25) is 0 Å². The summed E-state index contributed by atoms with van der Waals surface area (Å²) in [7, 11) is 0. The molecule has 0 unspecified atom stereocenters. The Balaban J connectivity index is 1.64. The number of hydrogen-bond donors (Lipinski definition) is 0. The van der Waals surface area contributed by atoms with E-state index in [1.807, 2.05) is 24.4 Å². The third-order valence-electron chi connectivity index (χ3n) is 6.29. The van der Waals surface area contributed by atoms with Crippen molar-refractivity contribution in [2.75, 3.05) is 0 Å². The van der Waals surface area contributed by atoms with Gasteiger partial charge in [-0.25, -0.2) is 0 Å². The topological polar surface area (TPSA) is 26.0 Å². The monoisotopic (exact) mass is 395 g/mol. The average molecular weight is 395 g/mol. The molecule has 2 aromatic heterocycles. The maximum atomic E-state index is 6.29. The maximum absolute atomic E-state index is 6.29. The summed E-state index contributed by atoms with van der Waals surface area (Å²) >= 11 is 0. The van der Waals surface area contributed by atoms with Gasteiger partial charge in [0.1, 0.15) is 11.2 Å². The first kappa shape index (κ1) is 16.6. The second-order valence-electron chi connectivity index (χ2n) is 8.01. The molecule has 0 radical (unpaired) electrons. The van der Waals surface area contributed by atoms with E-state index < -0.39 is 0 Å². The third-order valence-corrected chi connectivity index (χ3v) is 6.29. The zero-order valence-corrected chi connectivity index (χ0v) is 16.7. The number of furan rings is 1. The van der Waals surface area contributed by atoms with Crippen LogP contribution in [0.4, 0.5) is 0 Å². The predicted octanol–water partition coefficient (Wildman–Crippen LogP) is 8.11. The van der Waals surface area contributed by atoms with Gasteiger partial charge in [-0.15, -0.1) is 0 Å². The van der Waals surface area contributed by atoms with Crippen LogP contribution < -0.4 is 0 Å². The molecule has 7 rings (SSSR count). The van der Waals surface area contributed by atoms with E-state index in [9.17, 15) is 0 Å². The van der Waals surface area contributed by atoms with Gasteiger partial charge < -0.3 is 4.42 Å². The maximum Gasteiger partial charge on any atom is 0.136 e. The van der Waals surface area contributed by atoms with Crippen LogP contribution in [0.3, 0.4) is 0 Å². The molecule has 2 nitrogen and oxygen atoms in total. The van der Waals surface area contributed by atoms with Crippen LogP contribution in [-0.4, -0.2) is 4.98 Å². The third kappa shape index (κ3) is 2.36. The molecule has 5 aromatic carbocycles. The molecule has 0 saturated carbocycles. The highest BCUT2D eigenvalue weighted by Crippen LogP contribution is 2.40. The summed E-state index contributed by atoms with van der Waals surface area (Å²) in [6, 6.07) is 34.1. The average Bonchev–Trinajstić information content (AvgIpc) is 3.20. The first-order valence-corrected chi connectivity index (χ1v) is 10.5. The van der Waals surface area contributed by atoms with Crippen molar-refractivity contribution in [3.05, 3.63) is 103 Å². The molecule has 0 bridgehead atoms. The molecular weight excluding hydrogens is 378 g/mol. The van der Waals surface area contributed by atoms with Crippen molar-refractivity contribution in [2.24, 2.45) is 0 Å². The minimum Gasteiger partial charge on any atom is -0.456 e. The Kier molecular flexibility index (Phi) is 3.30. The van der Waals surface area contributed by atoms with E-state index in [-0.39, 0.29) is 0 Å². The van der Waals surface area contributed by atoms with Crippen LogP contribution in [0.1, 0.15) is 0 Å². The van der Waals surface area contributed by atoms with Crippen LogP contribution in [0.2, 0.25) is 0 Å². The number of aromatic nitrogens is 1. The lowest BCUT2D eigenvalue weighted by molar-refractivity contribution is 0.669. The lowest BCUT2D eigenvalue weighted by atomic mass is 9.93. The van der Waals surface area contributed by atoms with Crippen molar-refractivity contribution in [1.82, 2.24) is 4.98 Å². The molecule has 31 heavy (non-hydrogen) atoms. The van der Waals surface area contributed by atoms with Crippen LogP contribution in [0.15, 0.2) is 108 Å². The molecule has 0 aliphatic heterocycles. The normalized spacial score (nSPS) is 11.9. The van der Waals surface area contributed by atoms with Gasteiger partial charge >= 0.3 is 0 Å². The van der Waals surface area contributed by atoms with Gasteiger partial charge in [0, 0.05) is 22.5 Å². The standard InChI is InChI=1S/C29H17NO/c1-3-9-21-19(7-1)20-8-2-4-10-22(20)24-17-29-26(16-23(21)24)25-15-18(12-13-28(25)31-29)27-11-5-6-14-30-27/h1-17H. The molecule has 0 aliphatic carbocycles. The van der Waals surface area contributed by atoms with E-state index in [2.05, 4.69) is 83.8 Å². The van der Waals surface area contributed by atoms with Gasteiger partial charge in [-0.2, -0.15) is 0 Å². The lowest BCUT2D eigenvalue weighted by Gasteiger charge is -2.10. The number of benzene rings is 5. The number of nitrogens with zero attached hydrogens (tertiary/aromatic N) is 1. The van der Waals surface area contributed by atoms with Crippen LogP contribution >= 0.6 is 0 Å². The first-order chi connectivity index (χ1) is 15.4. The summed E-state index contributed by atoms with van der Waals surface area (Å²) < 4.78 is 6.29. The van der Waals surface area contributed by atoms with Crippen molar-refractivity contribution in [1.29, 1.82) is 0 Å². The van der Waals surface area contributed by atoms with Gasteiger partial charge in [-0.05, 0) is 74.8 Å². The quantitative estimate of drug-likeness (QED) is 0.262. The number of rotatable bonds is 1.